The van der Waals surface area contributed by atoms with Crippen molar-refractivity contribution in [3.8, 4) is 10.8 Å². The van der Waals surface area contributed by atoms with Crippen molar-refractivity contribution in [2.24, 2.45) is 11.7 Å². The maximum atomic E-state index is 6.02. The van der Waals surface area contributed by atoms with E-state index < -0.39 is 0 Å². The number of nitrogens with two attached hydrogens (primary N) is 1. The zero-order valence-electron chi connectivity index (χ0n) is 9.46. The molecule has 1 atom stereocenters. The highest BCUT2D eigenvalue weighted by Gasteiger charge is 2.33. The van der Waals surface area contributed by atoms with Gasteiger partial charge in [0.25, 0.3) is 5.89 Å². The molecular formula is C10H13N5OS. The second-order valence-electron chi connectivity index (χ2n) is 4.22. The molecule has 6 nitrogen and oxygen atoms in total. The molecule has 2 N–H and O–H groups in total. The highest BCUT2D eigenvalue weighted by molar-refractivity contribution is 7.09. The van der Waals surface area contributed by atoms with E-state index in [4.69, 9.17) is 10.3 Å². The minimum absolute atomic E-state index is 0.0987. The molecule has 0 saturated heterocycles. The summed E-state index contributed by atoms with van der Waals surface area (Å²) in [5.41, 5.74) is 6.92. The molecule has 0 radical (unpaired) electrons. The minimum atomic E-state index is -0.0987. The molecular weight excluding hydrogens is 238 g/mol. The Labute approximate surface area is 102 Å². The van der Waals surface area contributed by atoms with E-state index in [1.807, 2.05) is 6.92 Å². The third-order valence-electron chi connectivity index (χ3n) is 2.95. The molecule has 1 fully saturated rings. The van der Waals surface area contributed by atoms with E-state index in [1.54, 1.807) is 0 Å². The zero-order valence-corrected chi connectivity index (χ0v) is 10.3. The van der Waals surface area contributed by atoms with Gasteiger partial charge in [-0.1, -0.05) is 16.6 Å². The molecule has 1 saturated carbocycles. The van der Waals surface area contributed by atoms with Crippen LogP contribution in [0, 0.1) is 5.92 Å². The van der Waals surface area contributed by atoms with Crippen LogP contribution in [-0.2, 0) is 6.42 Å². The Hall–Kier alpha value is -1.34. The fourth-order valence-electron chi connectivity index (χ4n) is 1.73. The van der Waals surface area contributed by atoms with Gasteiger partial charge in [-0.05, 0) is 36.7 Å². The molecule has 1 aliphatic carbocycles. The lowest BCUT2D eigenvalue weighted by Crippen LogP contribution is -2.13. The maximum absolute atomic E-state index is 6.02. The fourth-order valence-corrected chi connectivity index (χ4v) is 2.40. The first-order chi connectivity index (χ1) is 8.29. The summed E-state index contributed by atoms with van der Waals surface area (Å²) in [6.45, 7) is 2.02. The quantitative estimate of drug-likeness (QED) is 0.886. The number of hydrogen-bond donors (Lipinski definition) is 1. The minimum Gasteiger partial charge on any atom is -0.333 e. The highest BCUT2D eigenvalue weighted by Crippen LogP contribution is 2.39. The largest absolute Gasteiger partial charge is 0.333 e. The molecule has 2 aromatic rings. The van der Waals surface area contributed by atoms with E-state index in [0.717, 1.165) is 29.8 Å². The molecule has 0 spiro atoms. The fraction of sp³-hybridized carbons (Fsp3) is 0.600. The molecule has 3 rings (SSSR count). The second-order valence-corrected chi connectivity index (χ2v) is 4.98. The van der Waals surface area contributed by atoms with Crippen LogP contribution in [0.5, 0.6) is 0 Å². The van der Waals surface area contributed by atoms with Gasteiger partial charge in [0.05, 0.1) is 11.7 Å². The average Bonchev–Trinajstić information content (AvgIpc) is 2.91. The van der Waals surface area contributed by atoms with Crippen LogP contribution in [0.4, 0.5) is 0 Å². The maximum Gasteiger partial charge on any atom is 0.271 e. The Kier molecular flexibility index (Phi) is 2.64. The number of nitrogens with zero attached hydrogens (tertiary/aromatic N) is 4. The summed E-state index contributed by atoms with van der Waals surface area (Å²) in [6, 6.07) is -0.0987. The summed E-state index contributed by atoms with van der Waals surface area (Å²) >= 11 is 1.28. The summed E-state index contributed by atoms with van der Waals surface area (Å²) in [4.78, 5) is 5.21. The molecule has 0 aliphatic heterocycles. The first kappa shape index (κ1) is 10.8. The molecule has 0 amide bonds. The summed E-state index contributed by atoms with van der Waals surface area (Å²) in [5.74, 6) is 1.60. The van der Waals surface area contributed by atoms with Gasteiger partial charge in [0.1, 0.15) is 4.88 Å². The van der Waals surface area contributed by atoms with Crippen molar-refractivity contribution in [2.45, 2.75) is 32.2 Å². The van der Waals surface area contributed by atoms with Crippen LogP contribution in [0.1, 0.15) is 37.3 Å². The van der Waals surface area contributed by atoms with Gasteiger partial charge in [-0.2, -0.15) is 4.98 Å². The molecule has 7 heteroatoms. The molecule has 0 bridgehead atoms. The summed E-state index contributed by atoms with van der Waals surface area (Å²) < 4.78 is 9.14. The molecule has 0 aromatic carbocycles. The van der Waals surface area contributed by atoms with Crippen molar-refractivity contribution in [1.29, 1.82) is 0 Å². The lowest BCUT2D eigenvalue weighted by Gasteiger charge is -2.01. The smallest absolute Gasteiger partial charge is 0.271 e. The number of aryl methyl sites for hydroxylation is 1. The van der Waals surface area contributed by atoms with Crippen LogP contribution in [0.25, 0.3) is 10.8 Å². The normalized spacial score (nSPS) is 17.3. The van der Waals surface area contributed by atoms with Gasteiger partial charge in [0.2, 0.25) is 0 Å². The van der Waals surface area contributed by atoms with E-state index >= 15 is 0 Å². The molecule has 90 valence electrons. The van der Waals surface area contributed by atoms with Crippen LogP contribution >= 0.6 is 11.5 Å². The predicted molar refractivity (Wildman–Crippen MR) is 62.2 cm³/mol. The standard InChI is InChI=1S/C10H13N5OS/c1-2-6-8(17-15-13-6)10-12-9(14-16-10)7(11)5-3-4-5/h5,7H,2-4,11H2,1H3. The van der Waals surface area contributed by atoms with Crippen molar-refractivity contribution in [3.05, 3.63) is 11.5 Å². The van der Waals surface area contributed by atoms with Gasteiger partial charge in [-0.25, -0.2) is 0 Å². The Bertz CT molecular complexity index is 518. The highest BCUT2D eigenvalue weighted by atomic mass is 32.1. The summed E-state index contributed by atoms with van der Waals surface area (Å²) in [6.07, 6.45) is 3.12. The van der Waals surface area contributed by atoms with Crippen molar-refractivity contribution in [1.82, 2.24) is 19.7 Å². The van der Waals surface area contributed by atoms with Gasteiger partial charge in [-0.15, -0.1) is 5.10 Å². The molecule has 1 unspecified atom stereocenters. The first-order valence-corrected chi connectivity index (χ1v) is 6.47. The lowest BCUT2D eigenvalue weighted by molar-refractivity contribution is 0.412. The van der Waals surface area contributed by atoms with Crippen LogP contribution in [-0.4, -0.2) is 19.7 Å². The van der Waals surface area contributed by atoms with E-state index in [9.17, 15) is 0 Å². The average molecular weight is 251 g/mol. The van der Waals surface area contributed by atoms with Crippen molar-refractivity contribution in [3.63, 3.8) is 0 Å². The first-order valence-electron chi connectivity index (χ1n) is 5.70. The summed E-state index contributed by atoms with van der Waals surface area (Å²) in [7, 11) is 0. The van der Waals surface area contributed by atoms with Crippen molar-refractivity contribution < 1.29 is 4.52 Å². The second kappa shape index (κ2) is 4.15. The van der Waals surface area contributed by atoms with Gasteiger partial charge in [0, 0.05) is 0 Å². The van der Waals surface area contributed by atoms with Gasteiger partial charge in [0.15, 0.2) is 5.82 Å². The van der Waals surface area contributed by atoms with Crippen molar-refractivity contribution >= 4 is 11.5 Å². The SMILES string of the molecule is CCc1nnsc1-c1nc(C(N)C2CC2)no1. The number of hydrogen-bond acceptors (Lipinski definition) is 7. The monoisotopic (exact) mass is 251 g/mol. The van der Waals surface area contributed by atoms with Gasteiger partial charge < -0.3 is 10.3 Å². The predicted octanol–water partition coefficient (Wildman–Crippen LogP) is 1.56. The Morgan fingerprint density at radius 2 is 2.35 bits per heavy atom. The van der Waals surface area contributed by atoms with Gasteiger partial charge in [-0.3, -0.25) is 0 Å². The molecule has 1 aliphatic rings. The van der Waals surface area contributed by atoms with E-state index in [0.29, 0.717) is 17.6 Å². The van der Waals surface area contributed by atoms with Crippen molar-refractivity contribution in [2.75, 3.05) is 0 Å². The molecule has 2 heterocycles. The van der Waals surface area contributed by atoms with Crippen LogP contribution in [0.15, 0.2) is 4.52 Å². The summed E-state index contributed by atoms with van der Waals surface area (Å²) in [5, 5.41) is 7.97. The lowest BCUT2D eigenvalue weighted by atomic mass is 10.2. The Balaban J connectivity index is 1.89. The van der Waals surface area contributed by atoms with Crippen LogP contribution in [0.3, 0.4) is 0 Å². The molecule has 17 heavy (non-hydrogen) atoms. The van der Waals surface area contributed by atoms with Crippen LogP contribution < -0.4 is 5.73 Å². The molecule has 2 aromatic heterocycles. The zero-order chi connectivity index (χ0) is 11.8. The topological polar surface area (TPSA) is 90.7 Å². The Morgan fingerprint density at radius 1 is 1.53 bits per heavy atom. The third kappa shape index (κ3) is 1.96. The third-order valence-corrected chi connectivity index (χ3v) is 3.71. The Morgan fingerprint density at radius 3 is 3.06 bits per heavy atom. The number of rotatable bonds is 4. The van der Waals surface area contributed by atoms with E-state index in [2.05, 4.69) is 19.7 Å². The van der Waals surface area contributed by atoms with E-state index in [1.165, 1.54) is 11.5 Å². The van der Waals surface area contributed by atoms with Gasteiger partial charge >= 0.3 is 0 Å². The van der Waals surface area contributed by atoms with Crippen LogP contribution in [0.2, 0.25) is 0 Å². The number of aromatic nitrogens is 4. The van der Waals surface area contributed by atoms with E-state index in [-0.39, 0.29) is 6.04 Å².